The quantitative estimate of drug-likeness (QED) is 0.505. The number of rotatable bonds is 1. The second-order valence-electron chi connectivity index (χ2n) is 2.46. The third-order valence-electron chi connectivity index (χ3n) is 1.71. The Morgan fingerprint density at radius 2 is 2.56 bits per heavy atom. The molecule has 0 bridgehead atoms. The maximum Gasteiger partial charge on any atom is 0.237 e. The first kappa shape index (κ1) is 6.55. The van der Waals surface area contributed by atoms with E-state index in [2.05, 4.69) is 5.32 Å². The van der Waals surface area contributed by atoms with Crippen LogP contribution < -0.4 is 11.1 Å². The van der Waals surface area contributed by atoms with Crippen LogP contribution in [0.25, 0.3) is 0 Å². The van der Waals surface area contributed by atoms with Gasteiger partial charge >= 0.3 is 0 Å². The summed E-state index contributed by atoms with van der Waals surface area (Å²) in [5, 5.41) is 2.79. The number of carbonyl (C=O) groups excluding carboxylic acids is 1. The summed E-state index contributed by atoms with van der Waals surface area (Å²) in [6, 6.07) is 0.0717. The van der Waals surface area contributed by atoms with E-state index in [0.717, 1.165) is 12.8 Å². The summed E-state index contributed by atoms with van der Waals surface area (Å²) in [5.41, 5.74) is 5.43. The third-order valence-corrected chi connectivity index (χ3v) is 1.71. The van der Waals surface area contributed by atoms with E-state index in [9.17, 15) is 4.79 Å². The van der Waals surface area contributed by atoms with Crippen molar-refractivity contribution < 1.29 is 4.79 Å². The molecule has 1 heterocycles. The molecule has 1 aliphatic rings. The van der Waals surface area contributed by atoms with Crippen molar-refractivity contribution in [2.45, 2.75) is 31.8 Å². The molecular weight excluding hydrogens is 116 g/mol. The van der Waals surface area contributed by atoms with E-state index in [1.807, 2.05) is 6.92 Å². The average molecular weight is 128 g/mol. The highest BCUT2D eigenvalue weighted by Gasteiger charge is 2.26. The van der Waals surface area contributed by atoms with Gasteiger partial charge in [-0.3, -0.25) is 4.79 Å². The largest absolute Gasteiger partial charge is 0.352 e. The van der Waals surface area contributed by atoms with Crippen LogP contribution in [-0.4, -0.2) is 18.0 Å². The summed E-state index contributed by atoms with van der Waals surface area (Å²) in [4.78, 5) is 10.7. The fourth-order valence-electron chi connectivity index (χ4n) is 1.05. The van der Waals surface area contributed by atoms with Crippen molar-refractivity contribution in [1.82, 2.24) is 5.32 Å². The van der Waals surface area contributed by atoms with E-state index >= 15 is 0 Å². The van der Waals surface area contributed by atoms with Crippen LogP contribution in [0.3, 0.4) is 0 Å². The topological polar surface area (TPSA) is 55.1 Å². The van der Waals surface area contributed by atoms with E-state index in [0.29, 0.717) is 6.04 Å². The minimum atomic E-state index is -0.255. The molecule has 1 amide bonds. The van der Waals surface area contributed by atoms with Crippen LogP contribution >= 0.6 is 0 Å². The van der Waals surface area contributed by atoms with Gasteiger partial charge in [-0.25, -0.2) is 0 Å². The van der Waals surface area contributed by atoms with Crippen LogP contribution in [-0.2, 0) is 4.79 Å². The van der Waals surface area contributed by atoms with E-state index in [1.54, 1.807) is 0 Å². The number of nitrogens with one attached hydrogen (secondary N) is 1. The lowest BCUT2D eigenvalue weighted by Gasteiger charge is -2.02. The van der Waals surface area contributed by atoms with Crippen LogP contribution in [0.5, 0.6) is 0 Å². The summed E-state index contributed by atoms with van der Waals surface area (Å²) in [7, 11) is 0. The van der Waals surface area contributed by atoms with Crippen molar-refractivity contribution in [2.24, 2.45) is 5.73 Å². The highest BCUT2D eigenvalue weighted by atomic mass is 16.2. The molecule has 0 aromatic carbocycles. The molecule has 1 aliphatic heterocycles. The maximum absolute atomic E-state index is 10.7. The van der Waals surface area contributed by atoms with Gasteiger partial charge in [0.25, 0.3) is 0 Å². The fraction of sp³-hybridized carbons (Fsp3) is 0.833. The van der Waals surface area contributed by atoms with E-state index < -0.39 is 0 Å². The molecule has 1 saturated heterocycles. The lowest BCUT2D eigenvalue weighted by atomic mass is 10.1. The second kappa shape index (κ2) is 2.35. The molecule has 0 spiro atoms. The lowest BCUT2D eigenvalue weighted by molar-refractivity contribution is -0.120. The average Bonchev–Trinajstić information content (AvgIpc) is 2.13. The monoisotopic (exact) mass is 128 g/mol. The SMILES string of the molecule is CCC1C[C@H](N)C(=O)N1. The Balaban J connectivity index is 2.44. The molecule has 9 heavy (non-hydrogen) atoms. The number of hydrogen-bond acceptors (Lipinski definition) is 2. The normalized spacial score (nSPS) is 34.7. The number of hydrogen-bond donors (Lipinski definition) is 2. The zero-order chi connectivity index (χ0) is 6.85. The van der Waals surface area contributed by atoms with Crippen LogP contribution in [0, 0.1) is 0 Å². The smallest absolute Gasteiger partial charge is 0.237 e. The summed E-state index contributed by atoms with van der Waals surface area (Å²) < 4.78 is 0. The van der Waals surface area contributed by atoms with Crippen LogP contribution in [0.4, 0.5) is 0 Å². The van der Waals surface area contributed by atoms with Gasteiger partial charge in [0.15, 0.2) is 0 Å². The molecule has 1 unspecified atom stereocenters. The Kier molecular flexibility index (Phi) is 1.71. The van der Waals surface area contributed by atoms with Crippen LogP contribution in [0.15, 0.2) is 0 Å². The van der Waals surface area contributed by atoms with E-state index in [4.69, 9.17) is 5.73 Å². The standard InChI is InChI=1S/C6H12N2O/c1-2-4-3-5(7)6(9)8-4/h4-5H,2-3,7H2,1H3,(H,8,9)/t4?,5-/m0/s1. The summed E-state index contributed by atoms with van der Waals surface area (Å²) in [6.45, 7) is 2.04. The van der Waals surface area contributed by atoms with Crippen molar-refractivity contribution >= 4 is 5.91 Å². The summed E-state index contributed by atoms with van der Waals surface area (Å²) in [5.74, 6) is 0.00171. The lowest BCUT2D eigenvalue weighted by Crippen LogP contribution is -2.31. The Hall–Kier alpha value is -0.570. The van der Waals surface area contributed by atoms with Crippen LogP contribution in [0.2, 0.25) is 0 Å². The molecule has 0 aromatic heterocycles. The van der Waals surface area contributed by atoms with Crippen molar-refractivity contribution in [3.05, 3.63) is 0 Å². The van der Waals surface area contributed by atoms with Gasteiger partial charge < -0.3 is 11.1 Å². The Labute approximate surface area is 54.6 Å². The first-order valence-corrected chi connectivity index (χ1v) is 3.30. The molecule has 1 rings (SSSR count). The van der Waals surface area contributed by atoms with Crippen molar-refractivity contribution in [2.75, 3.05) is 0 Å². The van der Waals surface area contributed by atoms with Crippen LogP contribution in [0.1, 0.15) is 19.8 Å². The third kappa shape index (κ3) is 1.21. The molecular formula is C6H12N2O. The predicted molar refractivity (Wildman–Crippen MR) is 34.8 cm³/mol. The highest BCUT2D eigenvalue weighted by Crippen LogP contribution is 2.07. The van der Waals surface area contributed by atoms with Crippen molar-refractivity contribution in [3.63, 3.8) is 0 Å². The van der Waals surface area contributed by atoms with E-state index in [-0.39, 0.29) is 11.9 Å². The number of amides is 1. The fourth-order valence-corrected chi connectivity index (χ4v) is 1.05. The van der Waals surface area contributed by atoms with Crippen molar-refractivity contribution in [3.8, 4) is 0 Å². The van der Waals surface area contributed by atoms with Gasteiger partial charge in [-0.15, -0.1) is 0 Å². The first-order chi connectivity index (χ1) is 4.24. The molecule has 0 aliphatic carbocycles. The summed E-state index contributed by atoms with van der Waals surface area (Å²) in [6.07, 6.45) is 1.79. The number of carbonyl (C=O) groups is 1. The Morgan fingerprint density at radius 1 is 1.89 bits per heavy atom. The molecule has 3 N–H and O–H groups in total. The maximum atomic E-state index is 10.7. The Bertz CT molecular complexity index is 124. The molecule has 0 saturated carbocycles. The minimum absolute atomic E-state index is 0.00171. The molecule has 52 valence electrons. The molecule has 0 radical (unpaired) electrons. The molecule has 3 heteroatoms. The molecule has 0 aromatic rings. The van der Waals surface area contributed by atoms with E-state index in [1.165, 1.54) is 0 Å². The summed E-state index contributed by atoms with van der Waals surface area (Å²) >= 11 is 0. The predicted octanol–water partition coefficient (Wildman–Crippen LogP) is -0.388. The van der Waals surface area contributed by atoms with Gasteiger partial charge in [0.2, 0.25) is 5.91 Å². The number of nitrogens with two attached hydrogens (primary N) is 1. The van der Waals surface area contributed by atoms with Gasteiger partial charge in [-0.1, -0.05) is 6.92 Å². The zero-order valence-electron chi connectivity index (χ0n) is 5.55. The van der Waals surface area contributed by atoms with Gasteiger partial charge in [-0.2, -0.15) is 0 Å². The zero-order valence-corrected chi connectivity index (χ0v) is 5.55. The highest BCUT2D eigenvalue weighted by molar-refractivity contribution is 5.84. The molecule has 2 atom stereocenters. The molecule has 1 fully saturated rings. The second-order valence-corrected chi connectivity index (χ2v) is 2.46. The first-order valence-electron chi connectivity index (χ1n) is 3.30. The minimum Gasteiger partial charge on any atom is -0.352 e. The van der Waals surface area contributed by atoms with Crippen molar-refractivity contribution in [1.29, 1.82) is 0 Å². The van der Waals surface area contributed by atoms with Gasteiger partial charge in [0.05, 0.1) is 6.04 Å². The van der Waals surface area contributed by atoms with Gasteiger partial charge in [0.1, 0.15) is 0 Å². The Morgan fingerprint density at radius 3 is 2.78 bits per heavy atom. The van der Waals surface area contributed by atoms with Gasteiger partial charge in [-0.05, 0) is 12.8 Å². The molecule has 3 nitrogen and oxygen atoms in total. The van der Waals surface area contributed by atoms with Gasteiger partial charge in [0, 0.05) is 6.04 Å².